The van der Waals surface area contributed by atoms with Gasteiger partial charge in [0.25, 0.3) is 0 Å². The lowest BCUT2D eigenvalue weighted by atomic mass is 9.79. The van der Waals surface area contributed by atoms with Crippen LogP contribution in [0.25, 0.3) is 0 Å². The quantitative estimate of drug-likeness (QED) is 0.647. The molecule has 1 aliphatic rings. The summed E-state index contributed by atoms with van der Waals surface area (Å²) in [5, 5.41) is 21.7. The number of aryl methyl sites for hydroxylation is 1. The Morgan fingerprint density at radius 2 is 1.96 bits per heavy atom. The Morgan fingerprint density at radius 1 is 1.42 bits per heavy atom. The lowest BCUT2D eigenvalue weighted by Crippen LogP contribution is -2.62. The van der Waals surface area contributed by atoms with Crippen molar-refractivity contribution in [2.24, 2.45) is 0 Å². The van der Waals surface area contributed by atoms with Crippen LogP contribution < -0.4 is 10.6 Å². The molecule has 0 bridgehead atoms. The van der Waals surface area contributed by atoms with Gasteiger partial charge in [-0.15, -0.1) is 0 Å². The van der Waals surface area contributed by atoms with Crippen LogP contribution in [0.1, 0.15) is 59.2 Å². The van der Waals surface area contributed by atoms with Gasteiger partial charge in [-0.3, -0.25) is 19.6 Å². The van der Waals surface area contributed by atoms with E-state index in [0.717, 1.165) is 12.8 Å². The molecule has 1 atom stereocenters. The van der Waals surface area contributed by atoms with E-state index in [4.69, 9.17) is 0 Å². The standard InChI is InChI=1S/C16H27N5O3/c1-10-13(21(23)24)9-20(18-10)11(2)14(22)17-12-7-15(3,4)19-16(5,6)8-12/h9,11-12,19H,7-8H2,1-6H3,(H,17,22)/t11-/m1/s1. The van der Waals surface area contributed by atoms with Crippen LogP contribution >= 0.6 is 0 Å². The van der Waals surface area contributed by atoms with Gasteiger partial charge in [0.05, 0.1) is 4.92 Å². The van der Waals surface area contributed by atoms with Crippen LogP contribution in [-0.2, 0) is 4.79 Å². The van der Waals surface area contributed by atoms with Crippen molar-refractivity contribution in [2.45, 2.75) is 77.5 Å². The first-order chi connectivity index (χ1) is 10.9. The van der Waals surface area contributed by atoms with Gasteiger partial charge >= 0.3 is 5.69 Å². The van der Waals surface area contributed by atoms with Gasteiger partial charge in [0, 0.05) is 17.1 Å². The van der Waals surface area contributed by atoms with Crippen molar-refractivity contribution in [3.05, 3.63) is 22.0 Å². The van der Waals surface area contributed by atoms with Gasteiger partial charge in [0.15, 0.2) is 0 Å². The van der Waals surface area contributed by atoms with E-state index in [1.807, 2.05) is 0 Å². The first-order valence-corrected chi connectivity index (χ1v) is 8.20. The Morgan fingerprint density at radius 3 is 2.42 bits per heavy atom. The van der Waals surface area contributed by atoms with Crippen molar-refractivity contribution in [1.82, 2.24) is 20.4 Å². The molecule has 2 heterocycles. The maximum absolute atomic E-state index is 12.6. The predicted molar refractivity (Wildman–Crippen MR) is 90.8 cm³/mol. The number of nitrogens with zero attached hydrogens (tertiary/aromatic N) is 3. The summed E-state index contributed by atoms with van der Waals surface area (Å²) in [5.74, 6) is -0.175. The van der Waals surface area contributed by atoms with Crippen molar-refractivity contribution in [3.8, 4) is 0 Å². The number of carbonyl (C=O) groups excluding carboxylic acids is 1. The molecule has 0 radical (unpaired) electrons. The molecule has 1 fully saturated rings. The summed E-state index contributed by atoms with van der Waals surface area (Å²) in [6, 6.07) is -0.545. The Hall–Kier alpha value is -1.96. The molecular weight excluding hydrogens is 310 g/mol. The molecule has 1 aromatic heterocycles. The second-order valence-electron chi connectivity index (χ2n) is 8.02. The van der Waals surface area contributed by atoms with Crippen molar-refractivity contribution in [2.75, 3.05) is 0 Å². The Labute approximate surface area is 142 Å². The third kappa shape index (κ3) is 4.11. The fourth-order valence-corrected chi connectivity index (χ4v) is 3.72. The van der Waals surface area contributed by atoms with E-state index >= 15 is 0 Å². The van der Waals surface area contributed by atoms with Crippen LogP contribution in [0.5, 0.6) is 0 Å². The van der Waals surface area contributed by atoms with Crippen LogP contribution in [0.15, 0.2) is 6.20 Å². The van der Waals surface area contributed by atoms with Crippen molar-refractivity contribution >= 4 is 11.6 Å². The Balaban J connectivity index is 2.09. The van der Waals surface area contributed by atoms with Gasteiger partial charge in [-0.1, -0.05) is 0 Å². The van der Waals surface area contributed by atoms with E-state index < -0.39 is 11.0 Å². The minimum absolute atomic E-state index is 0.0536. The number of nitro groups is 1. The highest BCUT2D eigenvalue weighted by Gasteiger charge is 2.38. The van der Waals surface area contributed by atoms with Gasteiger partial charge < -0.3 is 10.6 Å². The maximum atomic E-state index is 12.6. The molecule has 0 spiro atoms. The number of hydrogen-bond acceptors (Lipinski definition) is 5. The van der Waals surface area contributed by atoms with Crippen LogP contribution in [-0.4, -0.2) is 37.7 Å². The number of carbonyl (C=O) groups is 1. The topological polar surface area (TPSA) is 102 Å². The summed E-state index contributed by atoms with van der Waals surface area (Å²) >= 11 is 0. The highest BCUT2D eigenvalue weighted by atomic mass is 16.6. The zero-order valence-electron chi connectivity index (χ0n) is 15.2. The molecule has 1 aliphatic heterocycles. The average Bonchev–Trinajstić information content (AvgIpc) is 2.76. The first-order valence-electron chi connectivity index (χ1n) is 8.20. The Kier molecular flexibility index (Phi) is 4.72. The zero-order valence-corrected chi connectivity index (χ0v) is 15.2. The summed E-state index contributed by atoms with van der Waals surface area (Å²) in [6.45, 7) is 11.8. The van der Waals surface area contributed by atoms with E-state index in [-0.39, 0.29) is 28.7 Å². The monoisotopic (exact) mass is 337 g/mol. The van der Waals surface area contributed by atoms with E-state index in [9.17, 15) is 14.9 Å². The molecule has 2 N–H and O–H groups in total. The molecule has 134 valence electrons. The van der Waals surface area contributed by atoms with Crippen molar-refractivity contribution in [1.29, 1.82) is 0 Å². The summed E-state index contributed by atoms with van der Waals surface area (Å²) in [6.07, 6.45) is 2.97. The minimum atomic E-state index is -0.599. The van der Waals surface area contributed by atoms with Crippen LogP contribution in [0.2, 0.25) is 0 Å². The number of piperidine rings is 1. The lowest BCUT2D eigenvalue weighted by Gasteiger charge is -2.46. The predicted octanol–water partition coefficient (Wildman–Crippen LogP) is 2.09. The van der Waals surface area contributed by atoms with Gasteiger partial charge in [-0.2, -0.15) is 5.10 Å². The number of nitrogens with one attached hydrogen (secondary N) is 2. The van der Waals surface area contributed by atoms with Gasteiger partial charge in [0.2, 0.25) is 5.91 Å². The van der Waals surface area contributed by atoms with Gasteiger partial charge in [-0.05, 0) is 54.4 Å². The molecule has 0 saturated carbocycles. The number of amides is 1. The van der Waals surface area contributed by atoms with E-state index in [0.29, 0.717) is 5.69 Å². The second-order valence-corrected chi connectivity index (χ2v) is 8.02. The highest BCUT2D eigenvalue weighted by molar-refractivity contribution is 5.80. The van der Waals surface area contributed by atoms with Crippen molar-refractivity contribution in [3.63, 3.8) is 0 Å². The fraction of sp³-hybridized carbons (Fsp3) is 0.750. The molecule has 0 aliphatic carbocycles. The molecule has 1 saturated heterocycles. The molecule has 8 heteroatoms. The van der Waals surface area contributed by atoms with E-state index in [1.165, 1.54) is 10.9 Å². The SMILES string of the molecule is Cc1nn([C@H](C)C(=O)NC2CC(C)(C)NC(C)(C)C2)cc1[N+](=O)[O-]. The molecule has 0 unspecified atom stereocenters. The molecule has 24 heavy (non-hydrogen) atoms. The van der Waals surface area contributed by atoms with Crippen molar-refractivity contribution < 1.29 is 9.72 Å². The third-order valence-electron chi connectivity index (χ3n) is 4.40. The number of aromatic nitrogens is 2. The number of hydrogen-bond donors (Lipinski definition) is 2. The zero-order chi connectivity index (χ0) is 18.3. The molecule has 8 nitrogen and oxygen atoms in total. The summed E-state index contributed by atoms with van der Waals surface area (Å²) in [7, 11) is 0. The third-order valence-corrected chi connectivity index (χ3v) is 4.40. The summed E-state index contributed by atoms with van der Waals surface area (Å²) < 4.78 is 1.36. The maximum Gasteiger partial charge on any atom is 0.309 e. The molecule has 1 aromatic rings. The van der Waals surface area contributed by atoms with Crippen LogP contribution in [0.4, 0.5) is 5.69 Å². The summed E-state index contributed by atoms with van der Waals surface area (Å²) in [5.41, 5.74) is 0.108. The minimum Gasteiger partial charge on any atom is -0.351 e. The van der Waals surface area contributed by atoms with Gasteiger partial charge in [0.1, 0.15) is 17.9 Å². The lowest BCUT2D eigenvalue weighted by molar-refractivity contribution is -0.385. The summed E-state index contributed by atoms with van der Waals surface area (Å²) in [4.78, 5) is 23.0. The average molecular weight is 337 g/mol. The molecule has 2 rings (SSSR count). The van der Waals surface area contributed by atoms with E-state index in [2.05, 4.69) is 43.4 Å². The molecule has 1 amide bonds. The Bertz CT molecular complexity index is 634. The van der Waals surface area contributed by atoms with Crippen LogP contribution in [0, 0.1) is 17.0 Å². The second kappa shape index (κ2) is 6.16. The smallest absolute Gasteiger partial charge is 0.309 e. The van der Waals surface area contributed by atoms with E-state index in [1.54, 1.807) is 13.8 Å². The normalized spacial score (nSPS) is 21.2. The fourth-order valence-electron chi connectivity index (χ4n) is 3.72. The first kappa shape index (κ1) is 18.4. The molecule has 0 aromatic carbocycles. The number of rotatable bonds is 4. The molecular formula is C16H27N5O3. The highest BCUT2D eigenvalue weighted by Crippen LogP contribution is 2.29. The largest absolute Gasteiger partial charge is 0.351 e. The van der Waals surface area contributed by atoms with Gasteiger partial charge in [-0.25, -0.2) is 0 Å². The van der Waals surface area contributed by atoms with Crippen LogP contribution in [0.3, 0.4) is 0 Å².